The van der Waals surface area contributed by atoms with E-state index in [0.29, 0.717) is 16.3 Å². The summed E-state index contributed by atoms with van der Waals surface area (Å²) in [5, 5.41) is 12.8. The fourth-order valence-electron chi connectivity index (χ4n) is 3.23. The zero-order chi connectivity index (χ0) is 24.3. The van der Waals surface area contributed by atoms with Gasteiger partial charge in [-0.1, -0.05) is 35.9 Å². The van der Waals surface area contributed by atoms with Crippen LogP contribution in [0.25, 0.3) is 22.4 Å². The van der Waals surface area contributed by atoms with Gasteiger partial charge in [0.05, 0.1) is 11.3 Å². The first-order chi connectivity index (χ1) is 16.2. The molecule has 0 fully saturated rings. The van der Waals surface area contributed by atoms with Crippen molar-refractivity contribution < 1.29 is 27.8 Å². The summed E-state index contributed by atoms with van der Waals surface area (Å²) in [5.74, 6) is -0.801. The molecule has 172 valence electrons. The lowest BCUT2D eigenvalue weighted by molar-refractivity contribution is -0.274. The van der Waals surface area contributed by atoms with Gasteiger partial charge in [-0.05, 0) is 60.2 Å². The van der Waals surface area contributed by atoms with Crippen LogP contribution in [-0.4, -0.2) is 22.4 Å². The third-order valence-electron chi connectivity index (χ3n) is 4.79. The van der Waals surface area contributed by atoms with E-state index in [2.05, 4.69) is 15.0 Å². The van der Waals surface area contributed by atoms with E-state index in [1.807, 2.05) is 0 Å². The van der Waals surface area contributed by atoms with Crippen molar-refractivity contribution in [3.63, 3.8) is 0 Å². The van der Waals surface area contributed by atoms with Gasteiger partial charge < -0.3 is 15.2 Å². The summed E-state index contributed by atoms with van der Waals surface area (Å²) in [4.78, 5) is 17.3. The molecule has 0 bridgehead atoms. The number of hydrogen-bond donors (Lipinski definition) is 2. The van der Waals surface area contributed by atoms with Crippen LogP contribution in [0, 0.1) is 0 Å². The molecule has 0 aliphatic rings. The number of nitrogens with one attached hydrogen (secondary N) is 1. The van der Waals surface area contributed by atoms with E-state index in [4.69, 9.17) is 11.6 Å². The molecule has 0 aliphatic carbocycles. The average Bonchev–Trinajstić information content (AvgIpc) is 2.80. The Bertz CT molecular complexity index is 1310. The molecule has 0 spiro atoms. The van der Waals surface area contributed by atoms with Crippen LogP contribution >= 0.6 is 11.6 Å². The van der Waals surface area contributed by atoms with Crippen molar-refractivity contribution in [1.29, 1.82) is 0 Å². The van der Waals surface area contributed by atoms with Gasteiger partial charge in [-0.25, -0.2) is 0 Å². The van der Waals surface area contributed by atoms with E-state index in [0.717, 1.165) is 23.3 Å². The van der Waals surface area contributed by atoms with Crippen molar-refractivity contribution in [3.8, 4) is 33.9 Å². The molecule has 0 saturated heterocycles. The molecule has 34 heavy (non-hydrogen) atoms. The van der Waals surface area contributed by atoms with Crippen molar-refractivity contribution >= 4 is 23.2 Å². The van der Waals surface area contributed by atoms with Crippen molar-refractivity contribution in [2.45, 2.75) is 6.36 Å². The molecular weight excluding hydrogens is 469 g/mol. The highest BCUT2D eigenvalue weighted by atomic mass is 35.5. The third kappa shape index (κ3) is 5.65. The number of ether oxygens (including phenoxy) is 1. The molecule has 2 N–H and O–H groups in total. The standard InChI is InChI=1S/C25H16ClF3N2O3/c26-18-5-1-16(2-6-18)23-22(15-3-9-20(32)10-4-15)13-17(14-30-23)24(33)31-19-7-11-21(12-8-19)34-25(27,28)29/h1-14,32H,(H,31,33). The van der Waals surface area contributed by atoms with Crippen LogP contribution in [0.1, 0.15) is 10.4 Å². The van der Waals surface area contributed by atoms with Crippen molar-refractivity contribution in [2.75, 3.05) is 5.32 Å². The summed E-state index contributed by atoms with van der Waals surface area (Å²) >= 11 is 5.99. The van der Waals surface area contributed by atoms with Gasteiger partial charge in [-0.2, -0.15) is 0 Å². The number of benzene rings is 3. The lowest BCUT2D eigenvalue weighted by Crippen LogP contribution is -2.17. The van der Waals surface area contributed by atoms with E-state index in [9.17, 15) is 23.1 Å². The highest BCUT2D eigenvalue weighted by Gasteiger charge is 2.31. The molecule has 4 rings (SSSR count). The van der Waals surface area contributed by atoms with Crippen LogP contribution in [0.2, 0.25) is 5.02 Å². The maximum absolute atomic E-state index is 12.8. The molecule has 9 heteroatoms. The van der Waals surface area contributed by atoms with Gasteiger partial charge in [-0.15, -0.1) is 13.2 Å². The summed E-state index contributed by atoms with van der Waals surface area (Å²) in [5.41, 5.74) is 3.26. The number of carbonyl (C=O) groups excluding carboxylic acids is 1. The molecular formula is C25H16ClF3N2O3. The number of anilines is 1. The number of rotatable bonds is 5. The van der Waals surface area contributed by atoms with Crippen molar-refractivity contribution in [1.82, 2.24) is 4.98 Å². The number of aromatic nitrogens is 1. The van der Waals surface area contributed by atoms with Gasteiger partial charge in [0, 0.05) is 28.0 Å². The van der Waals surface area contributed by atoms with Gasteiger partial charge in [-0.3, -0.25) is 9.78 Å². The first-order valence-corrected chi connectivity index (χ1v) is 10.3. The average molecular weight is 485 g/mol. The van der Waals surface area contributed by atoms with Crippen molar-refractivity contribution in [3.05, 3.63) is 95.6 Å². The molecule has 1 amide bonds. The second kappa shape index (κ2) is 9.44. The number of nitrogens with zero attached hydrogens (tertiary/aromatic N) is 1. The topological polar surface area (TPSA) is 71.5 Å². The smallest absolute Gasteiger partial charge is 0.508 e. The Kier molecular flexibility index (Phi) is 6.43. The number of amides is 1. The predicted molar refractivity (Wildman–Crippen MR) is 123 cm³/mol. The van der Waals surface area contributed by atoms with E-state index in [1.165, 1.54) is 30.5 Å². The predicted octanol–water partition coefficient (Wildman–Crippen LogP) is 6.93. The quantitative estimate of drug-likeness (QED) is 0.322. The van der Waals surface area contributed by atoms with Gasteiger partial charge >= 0.3 is 6.36 Å². The Morgan fingerprint density at radius 3 is 2.15 bits per heavy atom. The summed E-state index contributed by atoms with van der Waals surface area (Å²) in [6.45, 7) is 0. The second-order valence-electron chi connectivity index (χ2n) is 7.20. The normalized spacial score (nSPS) is 11.2. The molecule has 0 saturated carbocycles. The number of phenols is 1. The minimum Gasteiger partial charge on any atom is -0.508 e. The number of carbonyl (C=O) groups is 1. The first-order valence-electron chi connectivity index (χ1n) is 9.90. The molecule has 0 atom stereocenters. The molecule has 3 aromatic carbocycles. The molecule has 5 nitrogen and oxygen atoms in total. The summed E-state index contributed by atoms with van der Waals surface area (Å²) < 4.78 is 40.8. The summed E-state index contributed by atoms with van der Waals surface area (Å²) in [6.07, 6.45) is -3.39. The number of halogens is 4. The second-order valence-corrected chi connectivity index (χ2v) is 7.64. The van der Waals surface area contributed by atoms with Crippen LogP contribution in [0.4, 0.5) is 18.9 Å². The molecule has 1 aromatic heterocycles. The minimum absolute atomic E-state index is 0.0941. The van der Waals surface area contributed by atoms with Crippen LogP contribution in [0.3, 0.4) is 0 Å². The maximum atomic E-state index is 12.8. The van der Waals surface area contributed by atoms with E-state index in [1.54, 1.807) is 42.5 Å². The number of aromatic hydroxyl groups is 1. The number of hydrogen-bond acceptors (Lipinski definition) is 4. The summed E-state index contributed by atoms with van der Waals surface area (Å²) in [7, 11) is 0. The van der Waals surface area contributed by atoms with Gasteiger partial charge in [0.1, 0.15) is 11.5 Å². The fraction of sp³-hybridized carbons (Fsp3) is 0.0400. The largest absolute Gasteiger partial charge is 0.573 e. The van der Waals surface area contributed by atoms with Crippen molar-refractivity contribution in [2.24, 2.45) is 0 Å². The van der Waals surface area contributed by atoms with E-state index in [-0.39, 0.29) is 17.0 Å². The Balaban J connectivity index is 1.64. The molecule has 0 radical (unpaired) electrons. The van der Waals surface area contributed by atoms with Gasteiger partial charge in [0.25, 0.3) is 5.91 Å². The lowest BCUT2D eigenvalue weighted by atomic mass is 9.97. The Morgan fingerprint density at radius 2 is 1.53 bits per heavy atom. The Labute approximate surface area is 197 Å². The maximum Gasteiger partial charge on any atom is 0.573 e. The third-order valence-corrected chi connectivity index (χ3v) is 5.04. The highest BCUT2D eigenvalue weighted by Crippen LogP contribution is 2.33. The number of phenolic OH excluding ortho intramolecular Hbond substituents is 1. The van der Waals surface area contributed by atoms with Gasteiger partial charge in [0.15, 0.2) is 0 Å². The first kappa shape index (κ1) is 23.1. The Hall–Kier alpha value is -4.04. The zero-order valence-corrected chi connectivity index (χ0v) is 18.1. The molecule has 1 heterocycles. The Morgan fingerprint density at radius 1 is 0.912 bits per heavy atom. The monoisotopic (exact) mass is 484 g/mol. The zero-order valence-electron chi connectivity index (χ0n) is 17.3. The molecule has 0 aliphatic heterocycles. The van der Waals surface area contributed by atoms with Gasteiger partial charge in [0.2, 0.25) is 0 Å². The van der Waals surface area contributed by atoms with E-state index < -0.39 is 18.0 Å². The lowest BCUT2D eigenvalue weighted by Gasteiger charge is -2.13. The number of alkyl halides is 3. The highest BCUT2D eigenvalue weighted by molar-refractivity contribution is 6.30. The number of pyridine rings is 1. The van der Waals surface area contributed by atoms with Crippen LogP contribution in [0.15, 0.2) is 85.1 Å². The summed E-state index contributed by atoms with van der Waals surface area (Å²) in [6, 6.07) is 20.0. The van der Waals surface area contributed by atoms with Crippen LogP contribution in [0.5, 0.6) is 11.5 Å². The SMILES string of the molecule is O=C(Nc1ccc(OC(F)(F)F)cc1)c1cnc(-c2ccc(Cl)cc2)c(-c2ccc(O)cc2)c1. The molecule has 4 aromatic rings. The minimum atomic E-state index is -4.80. The van der Waals surface area contributed by atoms with Crippen LogP contribution < -0.4 is 10.1 Å². The molecule has 0 unspecified atom stereocenters. The van der Waals surface area contributed by atoms with Crippen LogP contribution in [-0.2, 0) is 0 Å². The van der Waals surface area contributed by atoms with E-state index >= 15 is 0 Å². The fourth-order valence-corrected chi connectivity index (χ4v) is 3.36.